The molecule has 2 heteroatoms. The standard InChI is InChI=1S/C11H22N2/c1-10(8-12-11-4-5-11)9-13-6-2-3-7-13/h10-12H,2-9H2,1H3. The van der Waals surface area contributed by atoms with E-state index in [9.17, 15) is 0 Å². The summed E-state index contributed by atoms with van der Waals surface area (Å²) in [6.45, 7) is 7.58. The van der Waals surface area contributed by atoms with Gasteiger partial charge in [0, 0.05) is 12.6 Å². The highest BCUT2D eigenvalue weighted by Crippen LogP contribution is 2.19. The Morgan fingerprint density at radius 2 is 2.00 bits per heavy atom. The Balaban J connectivity index is 1.56. The summed E-state index contributed by atoms with van der Waals surface area (Å²) in [5, 5.41) is 3.60. The third kappa shape index (κ3) is 3.28. The van der Waals surface area contributed by atoms with Gasteiger partial charge in [0.25, 0.3) is 0 Å². The molecule has 76 valence electrons. The lowest BCUT2D eigenvalue weighted by Crippen LogP contribution is -2.32. The Kier molecular flexibility index (Phi) is 3.23. The topological polar surface area (TPSA) is 15.3 Å². The minimum absolute atomic E-state index is 0.832. The van der Waals surface area contributed by atoms with E-state index in [0.29, 0.717) is 0 Å². The Labute approximate surface area is 81.7 Å². The average Bonchev–Trinajstić information content (AvgIpc) is 2.82. The fourth-order valence-corrected chi connectivity index (χ4v) is 2.13. The van der Waals surface area contributed by atoms with Crippen molar-refractivity contribution in [2.45, 2.75) is 38.6 Å². The third-order valence-corrected chi connectivity index (χ3v) is 3.10. The van der Waals surface area contributed by atoms with Crippen molar-refractivity contribution in [3.05, 3.63) is 0 Å². The van der Waals surface area contributed by atoms with Crippen LogP contribution in [0.1, 0.15) is 32.6 Å². The fraction of sp³-hybridized carbons (Fsp3) is 1.00. The highest BCUT2D eigenvalue weighted by atomic mass is 15.1. The molecule has 0 spiro atoms. The summed E-state index contributed by atoms with van der Waals surface area (Å²) in [6, 6.07) is 0.876. The van der Waals surface area contributed by atoms with E-state index in [1.165, 1.54) is 51.9 Å². The normalized spacial score (nSPS) is 26.5. The van der Waals surface area contributed by atoms with Crippen LogP contribution in [0, 0.1) is 5.92 Å². The zero-order valence-corrected chi connectivity index (χ0v) is 8.76. The van der Waals surface area contributed by atoms with E-state index >= 15 is 0 Å². The van der Waals surface area contributed by atoms with Crippen LogP contribution in [0.5, 0.6) is 0 Å². The zero-order valence-electron chi connectivity index (χ0n) is 8.76. The van der Waals surface area contributed by atoms with Crippen LogP contribution in [-0.4, -0.2) is 37.1 Å². The number of rotatable bonds is 5. The fourth-order valence-electron chi connectivity index (χ4n) is 2.13. The number of likely N-dealkylation sites (tertiary alicyclic amines) is 1. The van der Waals surface area contributed by atoms with Crippen molar-refractivity contribution in [2.75, 3.05) is 26.2 Å². The molecule has 2 nitrogen and oxygen atoms in total. The quantitative estimate of drug-likeness (QED) is 0.692. The lowest BCUT2D eigenvalue weighted by Gasteiger charge is -2.20. The van der Waals surface area contributed by atoms with Crippen molar-refractivity contribution in [1.29, 1.82) is 0 Å². The molecule has 13 heavy (non-hydrogen) atoms. The van der Waals surface area contributed by atoms with Gasteiger partial charge in [-0.2, -0.15) is 0 Å². The zero-order chi connectivity index (χ0) is 9.10. The molecular formula is C11H22N2. The summed E-state index contributed by atoms with van der Waals surface area (Å²) in [7, 11) is 0. The molecule has 2 fully saturated rings. The summed E-state index contributed by atoms with van der Waals surface area (Å²) in [5.41, 5.74) is 0. The Morgan fingerprint density at radius 1 is 1.31 bits per heavy atom. The molecule has 2 aliphatic rings. The van der Waals surface area contributed by atoms with Crippen molar-refractivity contribution in [3.63, 3.8) is 0 Å². The molecule has 0 aromatic carbocycles. The predicted octanol–water partition coefficient (Wildman–Crippen LogP) is 1.47. The lowest BCUT2D eigenvalue weighted by molar-refractivity contribution is 0.282. The molecule has 1 unspecified atom stereocenters. The van der Waals surface area contributed by atoms with Crippen LogP contribution in [0.2, 0.25) is 0 Å². The van der Waals surface area contributed by atoms with Crippen molar-refractivity contribution in [1.82, 2.24) is 10.2 Å². The molecule has 0 radical (unpaired) electrons. The number of nitrogens with zero attached hydrogens (tertiary/aromatic N) is 1. The van der Waals surface area contributed by atoms with Crippen LogP contribution in [-0.2, 0) is 0 Å². The maximum absolute atomic E-state index is 3.60. The molecule has 1 saturated heterocycles. The van der Waals surface area contributed by atoms with Crippen molar-refractivity contribution < 1.29 is 0 Å². The highest BCUT2D eigenvalue weighted by Gasteiger charge is 2.21. The van der Waals surface area contributed by atoms with E-state index in [-0.39, 0.29) is 0 Å². The maximum atomic E-state index is 3.60. The van der Waals surface area contributed by atoms with Gasteiger partial charge in [0.05, 0.1) is 0 Å². The first kappa shape index (κ1) is 9.47. The summed E-state index contributed by atoms with van der Waals surface area (Å²) >= 11 is 0. The second-order valence-electron chi connectivity index (χ2n) is 4.80. The van der Waals surface area contributed by atoms with Gasteiger partial charge in [-0.05, 0) is 51.2 Å². The van der Waals surface area contributed by atoms with E-state index in [1.54, 1.807) is 0 Å². The average molecular weight is 182 g/mol. The molecule has 1 atom stereocenters. The molecule has 1 aliphatic carbocycles. The second-order valence-corrected chi connectivity index (χ2v) is 4.80. The van der Waals surface area contributed by atoms with Crippen LogP contribution < -0.4 is 5.32 Å². The molecule has 1 aliphatic heterocycles. The first-order valence-corrected chi connectivity index (χ1v) is 5.80. The van der Waals surface area contributed by atoms with Crippen LogP contribution in [0.15, 0.2) is 0 Å². The SMILES string of the molecule is CC(CNC1CC1)CN1CCCC1. The largest absolute Gasteiger partial charge is 0.314 e. The summed E-state index contributed by atoms with van der Waals surface area (Å²) in [5.74, 6) is 0.832. The second kappa shape index (κ2) is 4.43. The molecule has 1 saturated carbocycles. The molecule has 2 rings (SSSR count). The summed E-state index contributed by atoms with van der Waals surface area (Å²) in [4.78, 5) is 2.61. The summed E-state index contributed by atoms with van der Waals surface area (Å²) in [6.07, 6.45) is 5.67. The van der Waals surface area contributed by atoms with Crippen LogP contribution in [0.3, 0.4) is 0 Å². The number of hydrogen-bond donors (Lipinski definition) is 1. The monoisotopic (exact) mass is 182 g/mol. The molecule has 0 bridgehead atoms. The molecule has 1 N–H and O–H groups in total. The minimum atomic E-state index is 0.832. The first-order valence-electron chi connectivity index (χ1n) is 5.80. The molecule has 0 aromatic heterocycles. The van der Waals surface area contributed by atoms with E-state index in [2.05, 4.69) is 17.1 Å². The molecule has 0 amide bonds. The smallest absolute Gasteiger partial charge is 0.00683 e. The first-order chi connectivity index (χ1) is 6.34. The maximum Gasteiger partial charge on any atom is 0.00683 e. The van der Waals surface area contributed by atoms with Crippen molar-refractivity contribution >= 4 is 0 Å². The van der Waals surface area contributed by atoms with Crippen LogP contribution in [0.4, 0.5) is 0 Å². The van der Waals surface area contributed by atoms with Crippen molar-refractivity contribution in [2.24, 2.45) is 5.92 Å². The highest BCUT2D eigenvalue weighted by molar-refractivity contribution is 4.82. The summed E-state index contributed by atoms with van der Waals surface area (Å²) < 4.78 is 0. The Hall–Kier alpha value is -0.0800. The van der Waals surface area contributed by atoms with Crippen molar-refractivity contribution in [3.8, 4) is 0 Å². The van der Waals surface area contributed by atoms with Gasteiger partial charge in [0.15, 0.2) is 0 Å². The van der Waals surface area contributed by atoms with Gasteiger partial charge in [0.1, 0.15) is 0 Å². The predicted molar refractivity (Wildman–Crippen MR) is 55.9 cm³/mol. The van der Waals surface area contributed by atoms with Gasteiger partial charge >= 0.3 is 0 Å². The van der Waals surface area contributed by atoms with E-state index in [1.807, 2.05) is 0 Å². The van der Waals surface area contributed by atoms with E-state index < -0.39 is 0 Å². The van der Waals surface area contributed by atoms with Gasteiger partial charge < -0.3 is 10.2 Å². The molecular weight excluding hydrogens is 160 g/mol. The molecule has 1 heterocycles. The van der Waals surface area contributed by atoms with Gasteiger partial charge in [-0.25, -0.2) is 0 Å². The number of nitrogens with one attached hydrogen (secondary N) is 1. The minimum Gasteiger partial charge on any atom is -0.314 e. The lowest BCUT2D eigenvalue weighted by atomic mass is 10.1. The number of hydrogen-bond acceptors (Lipinski definition) is 2. The van der Waals surface area contributed by atoms with Crippen LogP contribution in [0.25, 0.3) is 0 Å². The van der Waals surface area contributed by atoms with Gasteiger partial charge in [0.2, 0.25) is 0 Å². The Morgan fingerprint density at radius 3 is 2.62 bits per heavy atom. The van der Waals surface area contributed by atoms with Gasteiger partial charge in [-0.1, -0.05) is 6.92 Å². The third-order valence-electron chi connectivity index (χ3n) is 3.10. The van der Waals surface area contributed by atoms with Crippen LogP contribution >= 0.6 is 0 Å². The van der Waals surface area contributed by atoms with Gasteiger partial charge in [-0.3, -0.25) is 0 Å². The molecule has 0 aromatic rings. The van der Waals surface area contributed by atoms with E-state index in [0.717, 1.165) is 12.0 Å². The Bertz CT molecular complexity index is 148. The van der Waals surface area contributed by atoms with E-state index in [4.69, 9.17) is 0 Å². The van der Waals surface area contributed by atoms with Gasteiger partial charge in [-0.15, -0.1) is 0 Å².